The molecule has 0 aliphatic heterocycles. The van der Waals surface area contributed by atoms with Gasteiger partial charge in [0.05, 0.1) is 26.4 Å². The van der Waals surface area contributed by atoms with Gasteiger partial charge in [0.15, 0.2) is 0 Å². The van der Waals surface area contributed by atoms with Gasteiger partial charge in [0.25, 0.3) is 0 Å². The van der Waals surface area contributed by atoms with Crippen LogP contribution in [0.2, 0.25) is 0 Å². The van der Waals surface area contributed by atoms with Crippen LogP contribution < -0.4 is 11.1 Å². The highest BCUT2D eigenvalue weighted by atomic mass is 16.6. The van der Waals surface area contributed by atoms with E-state index in [0.717, 1.165) is 32.1 Å². The van der Waals surface area contributed by atoms with Crippen molar-refractivity contribution in [3.05, 3.63) is 12.2 Å². The summed E-state index contributed by atoms with van der Waals surface area (Å²) in [5.74, 6) is -0.381. The number of alkyl carbamates (subject to hydrolysis) is 1. The molecule has 0 radical (unpaired) electrons. The van der Waals surface area contributed by atoms with Gasteiger partial charge >= 0.3 is 6.09 Å². The van der Waals surface area contributed by atoms with E-state index in [2.05, 4.69) is 17.5 Å². The van der Waals surface area contributed by atoms with Gasteiger partial charge in [0.2, 0.25) is 5.91 Å². The van der Waals surface area contributed by atoms with Crippen molar-refractivity contribution < 1.29 is 23.8 Å². The fraction of sp³-hybridized carbons (Fsp3) is 0.750. The third-order valence-electron chi connectivity index (χ3n) is 3.37. The predicted molar refractivity (Wildman–Crippen MR) is 85.9 cm³/mol. The normalized spacial score (nSPS) is 19.4. The number of rotatable bonds is 10. The number of nitrogens with two attached hydrogens (primary N) is 1. The number of primary amides is 1. The molecular weight excluding hydrogens is 300 g/mol. The second kappa shape index (κ2) is 12.9. The molecule has 1 aliphatic rings. The van der Waals surface area contributed by atoms with Crippen LogP contribution in [-0.4, -0.2) is 51.1 Å². The zero-order chi connectivity index (χ0) is 16.8. The Bertz CT molecular complexity index is 373. The van der Waals surface area contributed by atoms with Gasteiger partial charge in [-0.05, 0) is 25.7 Å². The molecule has 0 aromatic rings. The molecule has 2 amide bonds. The van der Waals surface area contributed by atoms with Gasteiger partial charge in [-0.25, -0.2) is 4.79 Å². The standard InChI is InChI=1S/C16H28N2O5/c17-15(19)8-10-21-12-13-22-11-9-18-16(20)23-14-6-4-2-1-3-5-7-14/h2,4,14H,1,3,5-13H2,(H2,17,19)(H,18,20)/b4-2+. The van der Waals surface area contributed by atoms with Gasteiger partial charge in [-0.2, -0.15) is 0 Å². The smallest absolute Gasteiger partial charge is 0.407 e. The molecule has 1 aliphatic carbocycles. The van der Waals surface area contributed by atoms with E-state index < -0.39 is 6.09 Å². The van der Waals surface area contributed by atoms with Gasteiger partial charge in [-0.1, -0.05) is 12.2 Å². The number of carbonyl (C=O) groups is 2. The van der Waals surface area contributed by atoms with Gasteiger partial charge in [0.1, 0.15) is 6.10 Å². The predicted octanol–water partition coefficient (Wildman–Crippen LogP) is 1.51. The van der Waals surface area contributed by atoms with Crippen molar-refractivity contribution in [1.82, 2.24) is 5.32 Å². The third-order valence-corrected chi connectivity index (χ3v) is 3.37. The molecule has 0 bridgehead atoms. The zero-order valence-corrected chi connectivity index (χ0v) is 13.6. The van der Waals surface area contributed by atoms with Crippen molar-refractivity contribution >= 4 is 12.0 Å². The Morgan fingerprint density at radius 3 is 2.65 bits per heavy atom. The van der Waals surface area contributed by atoms with E-state index in [0.29, 0.717) is 33.0 Å². The number of nitrogens with one attached hydrogen (secondary N) is 1. The molecule has 132 valence electrons. The van der Waals surface area contributed by atoms with Gasteiger partial charge < -0.3 is 25.3 Å². The maximum atomic E-state index is 11.7. The lowest BCUT2D eigenvalue weighted by atomic mass is 10.0. The minimum absolute atomic E-state index is 0.0360. The van der Waals surface area contributed by atoms with Crippen molar-refractivity contribution in [2.75, 3.05) is 33.0 Å². The number of amides is 2. The molecule has 1 rings (SSSR count). The van der Waals surface area contributed by atoms with E-state index in [-0.39, 0.29) is 18.4 Å². The first-order valence-corrected chi connectivity index (χ1v) is 8.21. The van der Waals surface area contributed by atoms with E-state index in [1.165, 1.54) is 0 Å². The van der Waals surface area contributed by atoms with E-state index in [1.807, 2.05) is 0 Å². The Kier molecular flexibility index (Phi) is 10.9. The van der Waals surface area contributed by atoms with Crippen LogP contribution in [0.5, 0.6) is 0 Å². The molecule has 1 atom stereocenters. The second-order valence-electron chi connectivity index (χ2n) is 5.39. The number of carbonyl (C=O) groups excluding carboxylic acids is 2. The summed E-state index contributed by atoms with van der Waals surface area (Å²) in [6.07, 6.45) is 9.05. The number of hydrogen-bond acceptors (Lipinski definition) is 5. The van der Waals surface area contributed by atoms with Crippen LogP contribution in [0.1, 0.15) is 38.5 Å². The fourth-order valence-corrected chi connectivity index (χ4v) is 2.14. The minimum Gasteiger partial charge on any atom is -0.446 e. The van der Waals surface area contributed by atoms with Gasteiger partial charge in [-0.3, -0.25) is 4.79 Å². The first kappa shape index (κ1) is 19.4. The van der Waals surface area contributed by atoms with Crippen molar-refractivity contribution in [1.29, 1.82) is 0 Å². The van der Waals surface area contributed by atoms with E-state index >= 15 is 0 Å². The molecule has 0 fully saturated rings. The average molecular weight is 328 g/mol. The maximum Gasteiger partial charge on any atom is 0.407 e. The van der Waals surface area contributed by atoms with Crippen LogP contribution >= 0.6 is 0 Å². The molecule has 0 heterocycles. The summed E-state index contributed by atoms with van der Waals surface area (Å²) in [5.41, 5.74) is 4.98. The molecular formula is C16H28N2O5. The Morgan fingerprint density at radius 2 is 1.87 bits per heavy atom. The van der Waals surface area contributed by atoms with Crippen LogP contribution in [-0.2, 0) is 19.0 Å². The highest BCUT2D eigenvalue weighted by molar-refractivity contribution is 5.73. The topological polar surface area (TPSA) is 99.9 Å². The van der Waals surface area contributed by atoms with E-state index in [4.69, 9.17) is 19.9 Å². The van der Waals surface area contributed by atoms with Crippen molar-refractivity contribution in [2.24, 2.45) is 5.73 Å². The summed E-state index contributed by atoms with van der Waals surface area (Å²) in [6.45, 7) is 1.88. The Morgan fingerprint density at radius 1 is 1.09 bits per heavy atom. The largest absolute Gasteiger partial charge is 0.446 e. The molecule has 0 saturated carbocycles. The first-order chi connectivity index (χ1) is 11.2. The summed E-state index contributed by atoms with van der Waals surface area (Å²) in [6, 6.07) is 0. The van der Waals surface area contributed by atoms with Gasteiger partial charge in [-0.15, -0.1) is 0 Å². The lowest BCUT2D eigenvalue weighted by molar-refractivity contribution is -0.119. The van der Waals surface area contributed by atoms with Crippen LogP contribution in [0.25, 0.3) is 0 Å². The quantitative estimate of drug-likeness (QED) is 0.468. The number of ether oxygens (including phenoxy) is 3. The number of hydrogen-bond donors (Lipinski definition) is 2. The Labute approximate surface area is 137 Å². The highest BCUT2D eigenvalue weighted by Crippen LogP contribution is 2.14. The zero-order valence-electron chi connectivity index (χ0n) is 13.6. The summed E-state index contributed by atoms with van der Waals surface area (Å²) < 4.78 is 15.8. The monoisotopic (exact) mass is 328 g/mol. The average Bonchev–Trinajstić information content (AvgIpc) is 2.48. The summed E-state index contributed by atoms with van der Waals surface area (Å²) in [7, 11) is 0. The molecule has 7 heteroatoms. The third kappa shape index (κ3) is 11.6. The molecule has 23 heavy (non-hydrogen) atoms. The molecule has 7 nitrogen and oxygen atoms in total. The molecule has 0 aromatic carbocycles. The SMILES string of the molecule is NC(=O)CCOCCOCCNC(=O)OC1C/C=C/CCCC1. The minimum atomic E-state index is -0.398. The summed E-state index contributed by atoms with van der Waals surface area (Å²) in [5, 5.41) is 2.67. The van der Waals surface area contributed by atoms with Gasteiger partial charge in [0, 0.05) is 19.4 Å². The highest BCUT2D eigenvalue weighted by Gasteiger charge is 2.13. The van der Waals surface area contributed by atoms with Crippen molar-refractivity contribution in [2.45, 2.75) is 44.6 Å². The number of allylic oxidation sites excluding steroid dienone is 1. The first-order valence-electron chi connectivity index (χ1n) is 8.21. The van der Waals surface area contributed by atoms with Crippen LogP contribution in [0.4, 0.5) is 4.79 Å². The molecule has 0 saturated heterocycles. The lowest BCUT2D eigenvalue weighted by Gasteiger charge is -2.18. The van der Waals surface area contributed by atoms with E-state index in [9.17, 15) is 9.59 Å². The van der Waals surface area contributed by atoms with Crippen LogP contribution in [0.15, 0.2) is 12.2 Å². The summed E-state index contributed by atoms with van der Waals surface area (Å²) in [4.78, 5) is 22.1. The molecule has 0 spiro atoms. The molecule has 1 unspecified atom stereocenters. The van der Waals surface area contributed by atoms with Crippen molar-refractivity contribution in [3.63, 3.8) is 0 Å². The lowest BCUT2D eigenvalue weighted by Crippen LogP contribution is -2.31. The Balaban J connectivity index is 1.94. The molecule has 0 aromatic heterocycles. The molecule has 3 N–H and O–H groups in total. The van der Waals surface area contributed by atoms with E-state index in [1.54, 1.807) is 0 Å². The van der Waals surface area contributed by atoms with Crippen molar-refractivity contribution in [3.8, 4) is 0 Å². The Hall–Kier alpha value is -1.60. The second-order valence-corrected chi connectivity index (χ2v) is 5.39. The summed E-state index contributed by atoms with van der Waals surface area (Å²) >= 11 is 0. The fourth-order valence-electron chi connectivity index (χ4n) is 2.14. The maximum absolute atomic E-state index is 11.7. The van der Waals surface area contributed by atoms with Crippen LogP contribution in [0.3, 0.4) is 0 Å². The van der Waals surface area contributed by atoms with Crippen LogP contribution in [0, 0.1) is 0 Å².